The molecule has 1 amide bonds. The Balaban J connectivity index is 1.95. The van der Waals surface area contributed by atoms with Crippen molar-refractivity contribution in [3.05, 3.63) is 52.8 Å². The first-order valence-corrected chi connectivity index (χ1v) is 7.75. The molecule has 0 radical (unpaired) electrons. The molecular formula is C18H19N3O2. The molecule has 2 aromatic rings. The Morgan fingerprint density at radius 2 is 2.17 bits per heavy atom. The summed E-state index contributed by atoms with van der Waals surface area (Å²) in [6.45, 7) is 0.850. The Hall–Kier alpha value is -2.58. The minimum Gasteiger partial charge on any atom is -0.383 e. The van der Waals surface area contributed by atoms with E-state index in [1.807, 2.05) is 6.07 Å². The van der Waals surface area contributed by atoms with Crippen LogP contribution in [0.15, 0.2) is 30.5 Å². The predicted molar refractivity (Wildman–Crippen MR) is 86.7 cm³/mol. The van der Waals surface area contributed by atoms with Gasteiger partial charge in [-0.25, -0.2) is 0 Å². The van der Waals surface area contributed by atoms with E-state index in [2.05, 4.69) is 23.5 Å². The summed E-state index contributed by atoms with van der Waals surface area (Å²) in [5.41, 5.74) is 4.39. The molecule has 3 rings (SSSR count). The molecule has 1 heterocycles. The number of carbonyl (C=O) groups is 1. The highest BCUT2D eigenvalue weighted by molar-refractivity contribution is 5.95. The van der Waals surface area contributed by atoms with E-state index in [4.69, 9.17) is 4.74 Å². The van der Waals surface area contributed by atoms with Gasteiger partial charge in [0.15, 0.2) is 0 Å². The molecule has 0 unspecified atom stereocenters. The summed E-state index contributed by atoms with van der Waals surface area (Å²) in [5, 5.41) is 12.1. The molecule has 5 nitrogen and oxygen atoms in total. The number of nitriles is 1. The lowest BCUT2D eigenvalue weighted by molar-refractivity contribution is 0.0930. The van der Waals surface area contributed by atoms with Crippen LogP contribution in [0.25, 0.3) is 5.69 Å². The van der Waals surface area contributed by atoms with Gasteiger partial charge in [0.05, 0.1) is 12.2 Å². The molecule has 0 fully saturated rings. The summed E-state index contributed by atoms with van der Waals surface area (Å²) in [7, 11) is 1.58. The number of carbonyl (C=O) groups excluding carboxylic acids is 1. The van der Waals surface area contributed by atoms with E-state index in [9.17, 15) is 10.1 Å². The van der Waals surface area contributed by atoms with Crippen molar-refractivity contribution in [1.82, 2.24) is 9.88 Å². The molecule has 118 valence electrons. The third-order valence-corrected chi connectivity index (χ3v) is 4.17. The first-order valence-electron chi connectivity index (χ1n) is 7.75. The van der Waals surface area contributed by atoms with Gasteiger partial charge in [-0.2, -0.15) is 5.26 Å². The Labute approximate surface area is 135 Å². The van der Waals surface area contributed by atoms with Crippen LogP contribution in [0.3, 0.4) is 0 Å². The molecule has 0 bridgehead atoms. The number of aromatic nitrogens is 1. The van der Waals surface area contributed by atoms with Crippen LogP contribution in [0.4, 0.5) is 0 Å². The van der Waals surface area contributed by atoms with Gasteiger partial charge < -0.3 is 14.6 Å². The summed E-state index contributed by atoms with van der Waals surface area (Å²) in [6, 6.07) is 10.0. The molecule has 0 spiro atoms. The van der Waals surface area contributed by atoms with Gasteiger partial charge in [0.25, 0.3) is 5.91 Å². The number of hydrogen-bond donors (Lipinski definition) is 1. The van der Waals surface area contributed by atoms with Crippen molar-refractivity contribution >= 4 is 5.91 Å². The van der Waals surface area contributed by atoms with Crippen molar-refractivity contribution < 1.29 is 9.53 Å². The van der Waals surface area contributed by atoms with Crippen molar-refractivity contribution in [2.75, 3.05) is 20.3 Å². The van der Waals surface area contributed by atoms with Crippen molar-refractivity contribution in [2.45, 2.75) is 19.3 Å². The minimum atomic E-state index is -0.260. The number of amides is 1. The van der Waals surface area contributed by atoms with Gasteiger partial charge in [0.2, 0.25) is 0 Å². The zero-order valence-corrected chi connectivity index (χ0v) is 13.1. The molecule has 0 atom stereocenters. The van der Waals surface area contributed by atoms with E-state index in [1.54, 1.807) is 23.9 Å². The lowest BCUT2D eigenvalue weighted by atomic mass is 10.1. The SMILES string of the molecule is COCCNC(=O)c1c(C#N)ccn1-c1ccc2c(c1)CCC2. The van der Waals surface area contributed by atoms with Gasteiger partial charge in [-0.15, -0.1) is 0 Å². The van der Waals surface area contributed by atoms with Crippen LogP contribution in [0.1, 0.15) is 33.6 Å². The second-order valence-electron chi connectivity index (χ2n) is 5.62. The number of methoxy groups -OCH3 is 1. The van der Waals surface area contributed by atoms with Crippen LogP contribution in [0.2, 0.25) is 0 Å². The van der Waals surface area contributed by atoms with Gasteiger partial charge in [-0.05, 0) is 48.6 Å². The zero-order valence-electron chi connectivity index (χ0n) is 13.1. The number of nitrogens with zero attached hydrogens (tertiary/aromatic N) is 2. The standard InChI is InChI=1S/C18H19N3O2/c1-23-10-8-20-18(22)17-15(12-19)7-9-21(17)16-6-5-13-3-2-4-14(13)11-16/h5-7,9,11H,2-4,8,10H2,1H3,(H,20,22). The Kier molecular flexibility index (Phi) is 4.45. The number of aryl methyl sites for hydroxylation is 2. The molecule has 1 aliphatic carbocycles. The van der Waals surface area contributed by atoms with Crippen molar-refractivity contribution in [2.24, 2.45) is 0 Å². The third-order valence-electron chi connectivity index (χ3n) is 4.17. The van der Waals surface area contributed by atoms with Crippen LogP contribution in [-0.2, 0) is 17.6 Å². The molecule has 23 heavy (non-hydrogen) atoms. The van der Waals surface area contributed by atoms with E-state index >= 15 is 0 Å². The summed E-state index contributed by atoms with van der Waals surface area (Å²) in [5.74, 6) is -0.260. The number of fused-ring (bicyclic) bond motifs is 1. The van der Waals surface area contributed by atoms with Gasteiger partial charge in [0.1, 0.15) is 11.8 Å². The van der Waals surface area contributed by atoms with Crippen LogP contribution < -0.4 is 5.32 Å². The topological polar surface area (TPSA) is 67.0 Å². The fourth-order valence-electron chi connectivity index (χ4n) is 3.03. The molecule has 1 N–H and O–H groups in total. The lowest BCUT2D eigenvalue weighted by Crippen LogP contribution is -2.29. The Morgan fingerprint density at radius 3 is 2.96 bits per heavy atom. The molecule has 1 aromatic heterocycles. The number of rotatable bonds is 5. The second kappa shape index (κ2) is 6.67. The summed E-state index contributed by atoms with van der Waals surface area (Å²) < 4.78 is 6.74. The van der Waals surface area contributed by atoms with Crippen LogP contribution in [-0.4, -0.2) is 30.7 Å². The number of ether oxygens (including phenoxy) is 1. The third kappa shape index (κ3) is 2.99. The smallest absolute Gasteiger partial charge is 0.269 e. The van der Waals surface area contributed by atoms with E-state index in [1.165, 1.54) is 17.5 Å². The Morgan fingerprint density at radius 1 is 1.35 bits per heavy atom. The lowest BCUT2D eigenvalue weighted by Gasteiger charge is -2.12. The maximum absolute atomic E-state index is 12.4. The number of nitrogens with one attached hydrogen (secondary N) is 1. The van der Waals surface area contributed by atoms with E-state index in [0.29, 0.717) is 24.4 Å². The molecule has 5 heteroatoms. The van der Waals surface area contributed by atoms with Crippen LogP contribution in [0, 0.1) is 11.3 Å². The molecule has 0 saturated carbocycles. The summed E-state index contributed by atoms with van der Waals surface area (Å²) in [4.78, 5) is 12.4. The van der Waals surface area contributed by atoms with Crippen LogP contribution >= 0.6 is 0 Å². The molecular weight excluding hydrogens is 290 g/mol. The Bertz CT molecular complexity index is 771. The van der Waals surface area contributed by atoms with Crippen LogP contribution in [0.5, 0.6) is 0 Å². The maximum atomic E-state index is 12.4. The molecule has 0 aliphatic heterocycles. The predicted octanol–water partition coefficient (Wildman–Crippen LogP) is 2.21. The average Bonchev–Trinajstić information content (AvgIpc) is 3.20. The summed E-state index contributed by atoms with van der Waals surface area (Å²) in [6.07, 6.45) is 5.15. The maximum Gasteiger partial charge on any atom is 0.269 e. The second-order valence-corrected chi connectivity index (χ2v) is 5.62. The summed E-state index contributed by atoms with van der Waals surface area (Å²) >= 11 is 0. The zero-order chi connectivity index (χ0) is 16.2. The largest absolute Gasteiger partial charge is 0.383 e. The van der Waals surface area contributed by atoms with Crippen molar-refractivity contribution in [3.8, 4) is 11.8 Å². The molecule has 0 saturated heterocycles. The van der Waals surface area contributed by atoms with Gasteiger partial charge in [-0.1, -0.05) is 6.07 Å². The highest BCUT2D eigenvalue weighted by Gasteiger charge is 2.19. The monoisotopic (exact) mass is 309 g/mol. The first-order chi connectivity index (χ1) is 11.2. The molecule has 1 aromatic carbocycles. The fraction of sp³-hybridized carbons (Fsp3) is 0.333. The number of benzene rings is 1. The minimum absolute atomic E-state index is 0.260. The van der Waals surface area contributed by atoms with Crippen molar-refractivity contribution in [3.63, 3.8) is 0 Å². The fourth-order valence-corrected chi connectivity index (χ4v) is 3.03. The normalized spacial score (nSPS) is 12.7. The van der Waals surface area contributed by atoms with Gasteiger partial charge in [0, 0.05) is 25.5 Å². The molecule has 1 aliphatic rings. The highest BCUT2D eigenvalue weighted by atomic mass is 16.5. The first kappa shape index (κ1) is 15.3. The van der Waals surface area contributed by atoms with Gasteiger partial charge in [-0.3, -0.25) is 4.79 Å². The van der Waals surface area contributed by atoms with E-state index in [0.717, 1.165) is 18.5 Å². The highest BCUT2D eigenvalue weighted by Crippen LogP contribution is 2.26. The van der Waals surface area contributed by atoms with E-state index in [-0.39, 0.29) is 5.91 Å². The van der Waals surface area contributed by atoms with Gasteiger partial charge >= 0.3 is 0 Å². The average molecular weight is 309 g/mol. The van der Waals surface area contributed by atoms with Crippen molar-refractivity contribution in [1.29, 1.82) is 5.26 Å². The quantitative estimate of drug-likeness (QED) is 0.861. The van der Waals surface area contributed by atoms with E-state index < -0.39 is 0 Å². The number of hydrogen-bond acceptors (Lipinski definition) is 3.